The van der Waals surface area contributed by atoms with Gasteiger partial charge in [0.15, 0.2) is 5.78 Å². The lowest BCUT2D eigenvalue weighted by molar-refractivity contribution is -0.144. The highest BCUT2D eigenvalue weighted by Gasteiger charge is 2.26. The number of piperazine rings is 1. The van der Waals surface area contributed by atoms with E-state index in [2.05, 4.69) is 10.2 Å². The van der Waals surface area contributed by atoms with E-state index in [0.29, 0.717) is 24.3 Å². The summed E-state index contributed by atoms with van der Waals surface area (Å²) < 4.78 is 0. The van der Waals surface area contributed by atoms with Gasteiger partial charge < -0.3 is 15.5 Å². The minimum atomic E-state index is -0.991. The molecule has 0 spiro atoms. The molecule has 0 saturated carbocycles. The lowest BCUT2D eigenvalue weighted by atomic mass is 10.0. The summed E-state index contributed by atoms with van der Waals surface area (Å²) in [5.41, 5.74) is 1.09. The molecule has 3 N–H and O–H groups in total. The Labute approximate surface area is 158 Å². The van der Waals surface area contributed by atoms with E-state index in [0.717, 1.165) is 26.2 Å². The van der Waals surface area contributed by atoms with E-state index in [1.807, 2.05) is 4.90 Å². The first-order chi connectivity index (χ1) is 12.9. The van der Waals surface area contributed by atoms with Crippen molar-refractivity contribution in [2.24, 2.45) is 5.92 Å². The molecular weight excluding hydrogens is 350 g/mol. The number of aliphatic hydroxyl groups excluding tert-OH is 1. The minimum absolute atomic E-state index is 0.0575. The summed E-state index contributed by atoms with van der Waals surface area (Å²) in [5.74, 6) is -2.20. The third-order valence-electron chi connectivity index (χ3n) is 4.72. The van der Waals surface area contributed by atoms with Crippen LogP contribution < -0.4 is 5.32 Å². The fourth-order valence-corrected chi connectivity index (χ4v) is 3.10. The van der Waals surface area contributed by atoms with Gasteiger partial charge in [-0.15, -0.1) is 0 Å². The molecule has 27 heavy (non-hydrogen) atoms. The number of nitrogens with one attached hydrogen (secondary N) is 1. The van der Waals surface area contributed by atoms with Crippen molar-refractivity contribution < 1.29 is 24.6 Å². The maximum absolute atomic E-state index is 12.2. The van der Waals surface area contributed by atoms with Gasteiger partial charge in [0, 0.05) is 56.9 Å². The van der Waals surface area contributed by atoms with Crippen LogP contribution >= 0.6 is 0 Å². The van der Waals surface area contributed by atoms with E-state index in [4.69, 9.17) is 5.11 Å². The van der Waals surface area contributed by atoms with Crippen LogP contribution in [0, 0.1) is 5.92 Å². The Kier molecular flexibility index (Phi) is 7.90. The Hall–Kier alpha value is -2.29. The van der Waals surface area contributed by atoms with Gasteiger partial charge in [-0.3, -0.25) is 24.2 Å². The van der Waals surface area contributed by atoms with E-state index in [1.165, 1.54) is 6.92 Å². The van der Waals surface area contributed by atoms with Gasteiger partial charge in [-0.05, 0) is 31.2 Å². The summed E-state index contributed by atoms with van der Waals surface area (Å²) in [4.78, 5) is 39.2. The van der Waals surface area contributed by atoms with Crippen molar-refractivity contribution in [2.75, 3.05) is 51.2 Å². The number of aliphatic carboxylic acids is 1. The predicted molar refractivity (Wildman–Crippen MR) is 101 cm³/mol. The Balaban J connectivity index is 1.85. The predicted octanol–water partition coefficient (Wildman–Crippen LogP) is 0.529. The average Bonchev–Trinajstić information content (AvgIpc) is 2.63. The number of carboxylic acid groups (broad SMARTS) is 1. The van der Waals surface area contributed by atoms with Crippen LogP contribution in [0.3, 0.4) is 0 Å². The summed E-state index contributed by atoms with van der Waals surface area (Å²) in [6, 6.07) is 6.51. The normalized spacial score (nSPS) is 16.7. The molecule has 0 radical (unpaired) electrons. The van der Waals surface area contributed by atoms with Crippen LogP contribution in [0.15, 0.2) is 24.3 Å². The van der Waals surface area contributed by atoms with Crippen LogP contribution in [0.1, 0.15) is 23.7 Å². The molecule has 1 aliphatic heterocycles. The molecule has 1 unspecified atom stereocenters. The van der Waals surface area contributed by atoms with Crippen molar-refractivity contribution in [1.29, 1.82) is 0 Å². The SMILES string of the molecule is CC(=O)c1ccc(NC(=O)CC(CN2CCN(CCO)CC2)C(=O)O)cc1. The Morgan fingerprint density at radius 1 is 1.07 bits per heavy atom. The van der Waals surface area contributed by atoms with Crippen LogP contribution in [0.5, 0.6) is 0 Å². The first-order valence-corrected chi connectivity index (χ1v) is 9.08. The second-order valence-corrected chi connectivity index (χ2v) is 6.79. The molecule has 1 fully saturated rings. The van der Waals surface area contributed by atoms with Gasteiger partial charge in [0.05, 0.1) is 12.5 Å². The summed E-state index contributed by atoms with van der Waals surface area (Å²) in [7, 11) is 0. The number of ketones is 1. The highest BCUT2D eigenvalue weighted by Crippen LogP contribution is 2.14. The van der Waals surface area contributed by atoms with E-state index in [9.17, 15) is 19.5 Å². The summed E-state index contributed by atoms with van der Waals surface area (Å²) in [6.07, 6.45) is -0.110. The van der Waals surface area contributed by atoms with Crippen molar-refractivity contribution in [3.63, 3.8) is 0 Å². The van der Waals surface area contributed by atoms with E-state index < -0.39 is 11.9 Å². The molecule has 0 bridgehead atoms. The van der Waals surface area contributed by atoms with E-state index >= 15 is 0 Å². The van der Waals surface area contributed by atoms with E-state index in [1.54, 1.807) is 24.3 Å². The highest BCUT2D eigenvalue weighted by atomic mass is 16.4. The van der Waals surface area contributed by atoms with Crippen molar-refractivity contribution in [2.45, 2.75) is 13.3 Å². The highest BCUT2D eigenvalue weighted by molar-refractivity contribution is 5.96. The van der Waals surface area contributed by atoms with Crippen molar-refractivity contribution in [3.8, 4) is 0 Å². The third kappa shape index (κ3) is 6.74. The largest absolute Gasteiger partial charge is 0.481 e. The molecule has 148 valence electrons. The third-order valence-corrected chi connectivity index (χ3v) is 4.72. The van der Waals surface area contributed by atoms with Crippen LogP contribution in [0.2, 0.25) is 0 Å². The monoisotopic (exact) mass is 377 g/mol. The number of anilines is 1. The maximum Gasteiger partial charge on any atom is 0.308 e. The van der Waals surface area contributed by atoms with Gasteiger partial charge in [-0.2, -0.15) is 0 Å². The first-order valence-electron chi connectivity index (χ1n) is 9.08. The number of hydrogen-bond acceptors (Lipinski definition) is 6. The minimum Gasteiger partial charge on any atom is -0.481 e. The van der Waals surface area contributed by atoms with Gasteiger partial charge in [0.2, 0.25) is 5.91 Å². The van der Waals surface area contributed by atoms with Gasteiger partial charge in [-0.25, -0.2) is 0 Å². The molecule has 1 atom stereocenters. The lowest BCUT2D eigenvalue weighted by Crippen LogP contribution is -2.49. The van der Waals surface area contributed by atoms with Crippen LogP contribution in [-0.2, 0) is 9.59 Å². The quantitative estimate of drug-likeness (QED) is 0.538. The smallest absolute Gasteiger partial charge is 0.308 e. The van der Waals surface area contributed by atoms with Gasteiger partial charge >= 0.3 is 5.97 Å². The zero-order valence-corrected chi connectivity index (χ0v) is 15.6. The second kappa shape index (κ2) is 10.1. The number of hydrogen-bond donors (Lipinski definition) is 3. The summed E-state index contributed by atoms with van der Waals surface area (Å²) in [5, 5.41) is 21.1. The standard InChI is InChI=1S/C19H27N3O5/c1-14(24)15-2-4-17(5-3-15)20-18(25)12-16(19(26)27)13-22-8-6-21(7-9-22)10-11-23/h2-5,16,23H,6-13H2,1H3,(H,20,25)(H,26,27). The number of Topliss-reactive ketones (excluding diaryl/α,β-unsaturated/α-hetero) is 1. The Morgan fingerprint density at radius 2 is 1.67 bits per heavy atom. The molecule has 1 aromatic carbocycles. The second-order valence-electron chi connectivity index (χ2n) is 6.79. The molecular formula is C19H27N3O5. The van der Waals surface area contributed by atoms with Crippen molar-refractivity contribution in [3.05, 3.63) is 29.8 Å². The number of amides is 1. The number of carbonyl (C=O) groups excluding carboxylic acids is 2. The van der Waals surface area contributed by atoms with Gasteiger partial charge in [-0.1, -0.05) is 0 Å². The number of benzene rings is 1. The number of aliphatic hydroxyl groups is 1. The number of β-amino-alcohol motifs (C(OH)–C–C–N with tert-alkyl or cyclic N) is 1. The molecule has 0 aliphatic carbocycles. The molecule has 1 aromatic rings. The van der Waals surface area contributed by atoms with Gasteiger partial charge in [0.1, 0.15) is 0 Å². The molecule has 0 aromatic heterocycles. The zero-order chi connectivity index (χ0) is 19.8. The first kappa shape index (κ1) is 21.0. The van der Waals surface area contributed by atoms with Crippen molar-refractivity contribution in [1.82, 2.24) is 9.80 Å². The van der Waals surface area contributed by atoms with Crippen LogP contribution in [0.25, 0.3) is 0 Å². The molecule has 1 heterocycles. The zero-order valence-electron chi connectivity index (χ0n) is 15.6. The maximum atomic E-state index is 12.2. The number of rotatable bonds is 9. The number of carboxylic acids is 1. The Morgan fingerprint density at radius 3 is 2.19 bits per heavy atom. The molecule has 1 aliphatic rings. The number of nitrogens with zero attached hydrogens (tertiary/aromatic N) is 2. The molecule has 1 amide bonds. The fraction of sp³-hybridized carbons (Fsp3) is 0.526. The van der Waals surface area contributed by atoms with Crippen LogP contribution in [0.4, 0.5) is 5.69 Å². The van der Waals surface area contributed by atoms with E-state index in [-0.39, 0.29) is 24.7 Å². The summed E-state index contributed by atoms with van der Waals surface area (Å²) in [6.45, 7) is 5.53. The Bertz CT molecular complexity index is 654. The fourth-order valence-electron chi connectivity index (χ4n) is 3.10. The van der Waals surface area contributed by atoms with Crippen LogP contribution in [-0.4, -0.2) is 83.5 Å². The molecule has 8 nitrogen and oxygen atoms in total. The topological polar surface area (TPSA) is 110 Å². The summed E-state index contributed by atoms with van der Waals surface area (Å²) >= 11 is 0. The number of carbonyl (C=O) groups is 3. The van der Waals surface area contributed by atoms with Gasteiger partial charge in [0.25, 0.3) is 0 Å². The lowest BCUT2D eigenvalue weighted by Gasteiger charge is -2.35. The average molecular weight is 377 g/mol. The van der Waals surface area contributed by atoms with Crippen molar-refractivity contribution >= 4 is 23.3 Å². The molecule has 2 rings (SSSR count). The molecule has 1 saturated heterocycles. The molecule has 8 heteroatoms.